The number of halogens is 3. The molecule has 1 fully saturated rings. The van der Waals surface area contributed by atoms with Crippen LogP contribution in [-0.2, 0) is 21.8 Å². The van der Waals surface area contributed by atoms with E-state index in [0.717, 1.165) is 25.1 Å². The Hall–Kier alpha value is -2.69. The Kier molecular flexibility index (Phi) is 5.43. The van der Waals surface area contributed by atoms with Gasteiger partial charge in [0.2, 0.25) is 0 Å². The molecule has 2 heterocycles. The van der Waals surface area contributed by atoms with Gasteiger partial charge in [-0.2, -0.15) is 13.9 Å². The molecule has 1 aromatic heterocycles. The summed E-state index contributed by atoms with van der Waals surface area (Å²) in [7, 11) is -3.70. The molecule has 1 spiro atoms. The van der Waals surface area contributed by atoms with Gasteiger partial charge in [-0.3, -0.25) is 9.79 Å². The van der Waals surface area contributed by atoms with Crippen molar-refractivity contribution in [3.8, 4) is 0 Å². The third-order valence-electron chi connectivity index (χ3n) is 6.38. The summed E-state index contributed by atoms with van der Waals surface area (Å²) in [6.07, 6.45) is 3.06. The molecule has 0 radical (unpaired) electrons. The van der Waals surface area contributed by atoms with Gasteiger partial charge in [0.15, 0.2) is 15.6 Å². The highest BCUT2D eigenvalue weighted by Gasteiger charge is 2.55. The van der Waals surface area contributed by atoms with Crippen LogP contribution in [0.3, 0.4) is 0 Å². The zero-order chi connectivity index (χ0) is 23.3. The minimum Gasteiger partial charge on any atom is -0.386 e. The fourth-order valence-electron chi connectivity index (χ4n) is 4.69. The van der Waals surface area contributed by atoms with Gasteiger partial charge in [-0.05, 0) is 43.5 Å². The van der Waals surface area contributed by atoms with Crippen molar-refractivity contribution in [2.75, 3.05) is 5.75 Å². The zero-order valence-corrected chi connectivity index (χ0v) is 18.2. The second-order valence-corrected chi connectivity index (χ2v) is 10.9. The number of hydrogen-bond donors (Lipinski definition) is 1. The van der Waals surface area contributed by atoms with E-state index in [1.807, 2.05) is 0 Å². The lowest BCUT2D eigenvalue weighted by Gasteiger charge is -2.39. The number of carbonyl (C=O) groups excluding carboxylic acids is 1. The first-order valence-electron chi connectivity index (χ1n) is 10.2. The largest absolute Gasteiger partial charge is 0.386 e. The van der Waals surface area contributed by atoms with E-state index in [2.05, 4.69) is 10.1 Å². The predicted molar refractivity (Wildman–Crippen MR) is 112 cm³/mol. The summed E-state index contributed by atoms with van der Waals surface area (Å²) in [6, 6.07) is 5.09. The van der Waals surface area contributed by atoms with Gasteiger partial charge < -0.3 is 5.73 Å². The van der Waals surface area contributed by atoms with Crippen molar-refractivity contribution in [1.82, 2.24) is 9.78 Å². The van der Waals surface area contributed by atoms with Crippen molar-refractivity contribution in [3.63, 3.8) is 0 Å². The molecule has 32 heavy (non-hydrogen) atoms. The molecule has 172 valence electrons. The van der Waals surface area contributed by atoms with Gasteiger partial charge in [-0.1, -0.05) is 18.9 Å². The SMILES string of the molecule is C[C@@]1(c2cc(CC(=O)c3ccn(C(F)F)n3)ccc2F)CS(=O)(=O)C2(CCCC2)C(N)=N1. The van der Waals surface area contributed by atoms with Gasteiger partial charge >= 0.3 is 6.55 Å². The summed E-state index contributed by atoms with van der Waals surface area (Å²) in [5.41, 5.74) is 4.96. The minimum atomic E-state index is -3.70. The number of nitrogens with two attached hydrogens (primary N) is 1. The van der Waals surface area contributed by atoms with E-state index in [1.54, 1.807) is 0 Å². The predicted octanol–water partition coefficient (Wildman–Crippen LogP) is 3.16. The highest BCUT2D eigenvalue weighted by molar-refractivity contribution is 7.93. The third-order valence-corrected chi connectivity index (χ3v) is 9.13. The maximum Gasteiger partial charge on any atom is 0.333 e. The molecular formula is C21H23F3N4O3S. The van der Waals surface area contributed by atoms with Crippen LogP contribution in [0.1, 0.15) is 60.8 Å². The standard InChI is InChI=1S/C21H23F3N4O3S/c1-20(12-32(30,31)21(18(25)26-20)7-2-3-8-21)14-10-13(4-5-15(14)22)11-17(29)16-6-9-28(27-16)19(23)24/h4-6,9-10,19H,2-3,7-8,11-12H2,1H3,(H2,25,26)/t20-/m0/s1. The average Bonchev–Trinajstić information content (AvgIpc) is 3.39. The van der Waals surface area contributed by atoms with Crippen LogP contribution < -0.4 is 5.73 Å². The first-order valence-corrected chi connectivity index (χ1v) is 11.9. The lowest BCUT2D eigenvalue weighted by Crippen LogP contribution is -2.56. The third kappa shape index (κ3) is 3.62. The number of nitrogens with zero attached hydrogens (tertiary/aromatic N) is 3. The number of ketones is 1. The summed E-state index contributed by atoms with van der Waals surface area (Å²) in [5, 5.41) is 3.54. The number of Topliss-reactive ketones (excluding diaryl/α,β-unsaturated/α-hetero) is 1. The van der Waals surface area contributed by atoms with Crippen molar-refractivity contribution >= 4 is 21.5 Å². The fraction of sp³-hybridized carbons (Fsp3) is 0.476. The van der Waals surface area contributed by atoms with Crippen molar-refractivity contribution in [2.45, 2.75) is 55.9 Å². The molecule has 0 bridgehead atoms. The summed E-state index contributed by atoms with van der Waals surface area (Å²) in [5.74, 6) is -1.59. The van der Waals surface area contributed by atoms with Crippen LogP contribution >= 0.6 is 0 Å². The van der Waals surface area contributed by atoms with Crippen LogP contribution in [0.5, 0.6) is 0 Å². The van der Waals surface area contributed by atoms with Crippen LogP contribution in [0, 0.1) is 5.82 Å². The lowest BCUT2D eigenvalue weighted by molar-refractivity contribution is 0.0560. The fourth-order valence-corrected chi connectivity index (χ4v) is 7.20. The minimum absolute atomic E-state index is 0.00201. The normalized spacial score (nSPS) is 24.1. The molecule has 1 aliphatic carbocycles. The number of rotatable bonds is 5. The van der Waals surface area contributed by atoms with E-state index in [9.17, 15) is 26.4 Å². The number of sulfone groups is 1. The van der Waals surface area contributed by atoms with E-state index in [-0.39, 0.29) is 23.5 Å². The zero-order valence-electron chi connectivity index (χ0n) is 17.4. The van der Waals surface area contributed by atoms with E-state index in [1.165, 1.54) is 25.1 Å². The van der Waals surface area contributed by atoms with E-state index < -0.39 is 44.0 Å². The average molecular weight is 469 g/mol. The van der Waals surface area contributed by atoms with Gasteiger partial charge in [-0.25, -0.2) is 17.5 Å². The van der Waals surface area contributed by atoms with E-state index in [0.29, 0.717) is 23.1 Å². The summed E-state index contributed by atoms with van der Waals surface area (Å²) >= 11 is 0. The maximum atomic E-state index is 14.8. The molecule has 0 saturated heterocycles. The van der Waals surface area contributed by atoms with Crippen LogP contribution in [0.4, 0.5) is 13.2 Å². The Morgan fingerprint density at radius 2 is 1.94 bits per heavy atom. The number of alkyl halides is 2. The molecule has 2 N–H and O–H groups in total. The number of aliphatic imine (C=N–C) groups is 1. The molecule has 4 rings (SSSR count). The maximum absolute atomic E-state index is 14.8. The Morgan fingerprint density at radius 3 is 2.53 bits per heavy atom. The van der Waals surface area contributed by atoms with Crippen molar-refractivity contribution in [2.24, 2.45) is 10.7 Å². The second-order valence-electron chi connectivity index (χ2n) is 8.60. The molecule has 0 unspecified atom stereocenters. The molecular weight excluding hydrogens is 445 g/mol. The molecule has 2 aromatic rings. The Bertz CT molecular complexity index is 1200. The van der Waals surface area contributed by atoms with Gasteiger partial charge in [0.05, 0.1) is 5.75 Å². The van der Waals surface area contributed by atoms with Gasteiger partial charge in [0.1, 0.15) is 27.6 Å². The van der Waals surface area contributed by atoms with Crippen LogP contribution in [0.25, 0.3) is 0 Å². The van der Waals surface area contributed by atoms with E-state index in [4.69, 9.17) is 5.73 Å². The van der Waals surface area contributed by atoms with Gasteiger partial charge in [-0.15, -0.1) is 0 Å². The van der Waals surface area contributed by atoms with Crippen molar-refractivity contribution in [1.29, 1.82) is 0 Å². The molecule has 2 aliphatic rings. The summed E-state index contributed by atoms with van der Waals surface area (Å²) < 4.78 is 65.8. The Morgan fingerprint density at radius 1 is 1.25 bits per heavy atom. The first-order chi connectivity index (χ1) is 15.0. The summed E-state index contributed by atoms with van der Waals surface area (Å²) in [6.45, 7) is -1.36. The van der Waals surface area contributed by atoms with Crippen molar-refractivity contribution < 1.29 is 26.4 Å². The molecule has 0 amide bonds. The van der Waals surface area contributed by atoms with Crippen LogP contribution in [0.2, 0.25) is 0 Å². The number of aromatic nitrogens is 2. The highest BCUT2D eigenvalue weighted by Crippen LogP contribution is 2.45. The quantitative estimate of drug-likeness (QED) is 0.679. The van der Waals surface area contributed by atoms with Gasteiger partial charge in [0, 0.05) is 18.2 Å². The highest BCUT2D eigenvalue weighted by atomic mass is 32.2. The Balaban J connectivity index is 1.67. The topological polar surface area (TPSA) is 107 Å². The first kappa shape index (κ1) is 22.5. The number of hydrogen-bond acceptors (Lipinski definition) is 6. The second kappa shape index (κ2) is 7.72. The summed E-state index contributed by atoms with van der Waals surface area (Å²) in [4.78, 5) is 16.9. The number of benzene rings is 1. The molecule has 1 aromatic carbocycles. The molecule has 1 atom stereocenters. The molecule has 1 aliphatic heterocycles. The smallest absolute Gasteiger partial charge is 0.333 e. The number of amidine groups is 1. The van der Waals surface area contributed by atoms with E-state index >= 15 is 0 Å². The van der Waals surface area contributed by atoms with Crippen LogP contribution in [0.15, 0.2) is 35.5 Å². The molecule has 11 heteroatoms. The molecule has 1 saturated carbocycles. The van der Waals surface area contributed by atoms with Crippen LogP contribution in [-0.4, -0.2) is 40.3 Å². The number of carbonyl (C=O) groups is 1. The Labute approximate surface area is 183 Å². The van der Waals surface area contributed by atoms with Gasteiger partial charge in [0.25, 0.3) is 0 Å². The monoisotopic (exact) mass is 468 g/mol. The lowest BCUT2D eigenvalue weighted by atomic mass is 9.90. The molecule has 7 nitrogen and oxygen atoms in total. The van der Waals surface area contributed by atoms with Crippen molar-refractivity contribution in [3.05, 3.63) is 53.1 Å².